The average Bonchev–Trinajstić information content (AvgIpc) is 3.44. The van der Waals surface area contributed by atoms with E-state index in [9.17, 15) is 23.1 Å². The molecule has 2 atom stereocenters. The van der Waals surface area contributed by atoms with Gasteiger partial charge in [0.15, 0.2) is 9.84 Å². The highest BCUT2D eigenvalue weighted by Gasteiger charge is 2.62. The van der Waals surface area contributed by atoms with Crippen molar-refractivity contribution in [1.82, 2.24) is 4.90 Å². The third-order valence-electron chi connectivity index (χ3n) is 8.13. The number of sulfone groups is 1. The van der Waals surface area contributed by atoms with Gasteiger partial charge in [-0.25, -0.2) is 13.2 Å². The number of anilines is 2. The van der Waals surface area contributed by atoms with E-state index in [0.29, 0.717) is 29.8 Å². The minimum atomic E-state index is -3.57. The molecule has 1 fully saturated rings. The van der Waals surface area contributed by atoms with E-state index in [4.69, 9.17) is 4.74 Å². The van der Waals surface area contributed by atoms with Crippen LogP contribution in [0.2, 0.25) is 0 Å². The van der Waals surface area contributed by atoms with Crippen molar-refractivity contribution in [1.29, 1.82) is 0 Å². The Morgan fingerprint density at radius 1 is 1.05 bits per heavy atom. The lowest BCUT2D eigenvalue weighted by Gasteiger charge is -2.37. The van der Waals surface area contributed by atoms with E-state index in [-0.39, 0.29) is 23.3 Å². The lowest BCUT2D eigenvalue weighted by atomic mass is 9.71. The molecule has 42 heavy (non-hydrogen) atoms. The van der Waals surface area contributed by atoms with E-state index in [1.54, 1.807) is 28.0 Å². The van der Waals surface area contributed by atoms with Crippen LogP contribution in [0.4, 0.5) is 16.2 Å². The first-order valence-electron chi connectivity index (χ1n) is 14.2. The van der Waals surface area contributed by atoms with Gasteiger partial charge >= 0.3 is 6.09 Å². The summed E-state index contributed by atoms with van der Waals surface area (Å²) < 4.78 is 30.6. The molecule has 0 aliphatic carbocycles. The third-order valence-corrected chi connectivity index (χ3v) is 9.31. The normalized spacial score (nSPS) is 20.5. The number of hydrogen-bond acceptors (Lipinski definition) is 6. The number of likely N-dealkylation sites (tertiary alicyclic amines) is 1. The number of nitrogens with zero attached hydrogens (tertiary/aromatic N) is 2. The predicted octanol–water partition coefficient (Wildman–Crippen LogP) is 5.83. The van der Waals surface area contributed by atoms with Crippen LogP contribution in [0, 0.1) is 5.92 Å². The van der Waals surface area contributed by atoms with Crippen molar-refractivity contribution in [2.24, 2.45) is 5.92 Å². The standard InChI is InChI=1S/C33H38N2O6S/c1-21(2)29-33(16-17-34(29)31(38)41-32(3,4)5)26-12-7-8-13-27(26)35(30(33)37)25-11-9-10-22(18-25)23-14-15-24(20-36)28(19-23)42(6,39)40/h7-15,18-19,21,29,36H,16-17,20H2,1-6H3/t29-,33-/m1/s1. The molecule has 3 aromatic rings. The number of ether oxygens (including phenoxy) is 1. The lowest BCUT2D eigenvalue weighted by molar-refractivity contribution is -0.123. The van der Waals surface area contributed by atoms with Gasteiger partial charge in [0.25, 0.3) is 0 Å². The van der Waals surface area contributed by atoms with Gasteiger partial charge in [0.1, 0.15) is 5.60 Å². The smallest absolute Gasteiger partial charge is 0.410 e. The van der Waals surface area contributed by atoms with Gasteiger partial charge in [0, 0.05) is 18.5 Å². The number of aliphatic hydroxyl groups is 1. The van der Waals surface area contributed by atoms with Crippen molar-refractivity contribution in [3.05, 3.63) is 77.9 Å². The fourth-order valence-electron chi connectivity index (χ4n) is 6.59. The summed E-state index contributed by atoms with van der Waals surface area (Å²) in [5.74, 6) is -0.124. The van der Waals surface area contributed by atoms with Crippen LogP contribution in [0.5, 0.6) is 0 Å². The predicted molar refractivity (Wildman–Crippen MR) is 162 cm³/mol. The molecule has 2 amide bonds. The van der Waals surface area contributed by atoms with Crippen molar-refractivity contribution in [2.45, 2.75) is 69.6 Å². The molecular weight excluding hydrogens is 552 g/mol. The summed E-state index contributed by atoms with van der Waals surface area (Å²) >= 11 is 0. The molecule has 2 aliphatic heterocycles. The zero-order chi connectivity index (χ0) is 30.6. The quantitative estimate of drug-likeness (QED) is 0.401. The molecule has 1 saturated heterocycles. The van der Waals surface area contributed by atoms with Crippen LogP contribution in [0.25, 0.3) is 11.1 Å². The fraction of sp³-hybridized carbons (Fsp3) is 0.394. The topological polar surface area (TPSA) is 104 Å². The van der Waals surface area contributed by atoms with E-state index in [1.165, 1.54) is 0 Å². The van der Waals surface area contributed by atoms with Gasteiger partial charge in [-0.3, -0.25) is 9.69 Å². The molecule has 8 nitrogen and oxygen atoms in total. The van der Waals surface area contributed by atoms with Gasteiger partial charge in [-0.05, 0) is 79.6 Å². The zero-order valence-electron chi connectivity index (χ0n) is 24.9. The van der Waals surface area contributed by atoms with E-state index < -0.39 is 33.0 Å². The van der Waals surface area contributed by atoms with Gasteiger partial charge in [0.05, 0.1) is 28.6 Å². The summed E-state index contributed by atoms with van der Waals surface area (Å²) in [5.41, 5.74) is 2.41. The van der Waals surface area contributed by atoms with E-state index in [0.717, 1.165) is 23.1 Å². The molecule has 1 N–H and O–H groups in total. The van der Waals surface area contributed by atoms with Crippen molar-refractivity contribution in [3.63, 3.8) is 0 Å². The second-order valence-electron chi connectivity index (χ2n) is 12.5. The van der Waals surface area contributed by atoms with Crippen LogP contribution in [-0.2, 0) is 31.4 Å². The Balaban J connectivity index is 1.60. The van der Waals surface area contributed by atoms with Gasteiger partial charge in [-0.2, -0.15) is 0 Å². The van der Waals surface area contributed by atoms with Crippen molar-refractivity contribution in [3.8, 4) is 11.1 Å². The molecule has 0 saturated carbocycles. The molecule has 0 bridgehead atoms. The number of fused-ring (bicyclic) bond motifs is 2. The Bertz CT molecular complexity index is 1660. The number of carbonyl (C=O) groups excluding carboxylic acids is 2. The van der Waals surface area contributed by atoms with E-state index >= 15 is 0 Å². The maximum absolute atomic E-state index is 14.7. The van der Waals surface area contributed by atoms with E-state index in [2.05, 4.69) is 0 Å². The Kier molecular flexibility index (Phi) is 7.48. The number of amides is 2. The summed E-state index contributed by atoms with van der Waals surface area (Å²) in [4.78, 5) is 31.6. The van der Waals surface area contributed by atoms with Crippen LogP contribution < -0.4 is 4.90 Å². The molecule has 222 valence electrons. The van der Waals surface area contributed by atoms with Gasteiger partial charge in [-0.15, -0.1) is 0 Å². The van der Waals surface area contributed by atoms with Crippen LogP contribution >= 0.6 is 0 Å². The van der Waals surface area contributed by atoms with Crippen LogP contribution in [0.3, 0.4) is 0 Å². The molecular formula is C33H38N2O6S. The van der Waals surface area contributed by atoms with Gasteiger partial charge < -0.3 is 14.7 Å². The largest absolute Gasteiger partial charge is 0.444 e. The maximum Gasteiger partial charge on any atom is 0.410 e. The minimum Gasteiger partial charge on any atom is -0.444 e. The van der Waals surface area contributed by atoms with Crippen LogP contribution in [0.1, 0.15) is 52.2 Å². The summed E-state index contributed by atoms with van der Waals surface area (Å²) in [6.07, 6.45) is 1.17. The van der Waals surface area contributed by atoms with E-state index in [1.807, 2.05) is 83.1 Å². The van der Waals surface area contributed by atoms with Gasteiger partial charge in [0.2, 0.25) is 5.91 Å². The molecule has 0 unspecified atom stereocenters. The molecule has 0 radical (unpaired) electrons. The highest BCUT2D eigenvalue weighted by Crippen LogP contribution is 2.54. The molecule has 2 aliphatic rings. The van der Waals surface area contributed by atoms with Crippen molar-refractivity contribution in [2.75, 3.05) is 17.7 Å². The zero-order valence-corrected chi connectivity index (χ0v) is 25.7. The summed E-state index contributed by atoms with van der Waals surface area (Å²) in [7, 11) is -3.57. The monoisotopic (exact) mass is 590 g/mol. The first-order valence-corrected chi connectivity index (χ1v) is 16.1. The molecule has 3 aromatic carbocycles. The molecule has 1 spiro atoms. The summed E-state index contributed by atoms with van der Waals surface area (Å²) in [6.45, 7) is 9.58. The Labute approximate surface area is 247 Å². The number of para-hydroxylation sites is 1. The molecule has 5 rings (SSSR count). The lowest BCUT2D eigenvalue weighted by Crippen LogP contribution is -2.53. The Morgan fingerprint density at radius 2 is 1.74 bits per heavy atom. The number of rotatable bonds is 5. The third kappa shape index (κ3) is 4.98. The van der Waals surface area contributed by atoms with Gasteiger partial charge in [-0.1, -0.05) is 56.3 Å². The fourth-order valence-corrected chi connectivity index (χ4v) is 7.54. The Hall–Kier alpha value is -3.69. The Morgan fingerprint density at radius 3 is 2.38 bits per heavy atom. The summed E-state index contributed by atoms with van der Waals surface area (Å²) in [6, 6.07) is 19.7. The van der Waals surface area contributed by atoms with Crippen molar-refractivity contribution >= 4 is 33.2 Å². The minimum absolute atomic E-state index is 0.0252. The molecule has 2 heterocycles. The molecule has 9 heteroatoms. The second-order valence-corrected chi connectivity index (χ2v) is 14.5. The average molecular weight is 591 g/mol. The molecule has 0 aromatic heterocycles. The maximum atomic E-state index is 14.7. The van der Waals surface area contributed by atoms with Crippen LogP contribution in [0.15, 0.2) is 71.6 Å². The SMILES string of the molecule is CC(C)[C@H]1N(C(=O)OC(C)(C)C)CC[C@]12C(=O)N(c1cccc(-c3ccc(CO)c(S(C)(=O)=O)c3)c1)c1ccccc12. The number of carbonyl (C=O) groups is 2. The summed E-state index contributed by atoms with van der Waals surface area (Å²) in [5, 5.41) is 9.68. The highest BCUT2D eigenvalue weighted by molar-refractivity contribution is 7.90. The van der Waals surface area contributed by atoms with Crippen molar-refractivity contribution < 1.29 is 27.9 Å². The second kappa shape index (κ2) is 10.5. The number of aliphatic hydroxyl groups excluding tert-OH is 1. The highest BCUT2D eigenvalue weighted by atomic mass is 32.2. The number of benzene rings is 3. The first kappa shape index (κ1) is 29.8. The number of hydrogen-bond donors (Lipinski definition) is 1. The first-order chi connectivity index (χ1) is 19.7. The van der Waals surface area contributed by atoms with Crippen LogP contribution in [-0.4, -0.2) is 54.9 Å².